The third kappa shape index (κ3) is 13.0. The number of hydrogen-bond acceptors (Lipinski definition) is 10. The van der Waals surface area contributed by atoms with Crippen molar-refractivity contribution in [2.45, 2.75) is 105 Å². The normalized spacial score (nSPS) is 15.3. The molecule has 0 bridgehead atoms. The summed E-state index contributed by atoms with van der Waals surface area (Å²) in [4.78, 5) is 57.8. The zero-order valence-corrected chi connectivity index (χ0v) is 38.7. The molecule has 6 rings (SSSR count). The van der Waals surface area contributed by atoms with Crippen molar-refractivity contribution in [1.82, 2.24) is 9.80 Å². The second-order valence-electron chi connectivity index (χ2n) is 17.2. The summed E-state index contributed by atoms with van der Waals surface area (Å²) in [6.45, 7) is 18.6. The van der Waals surface area contributed by atoms with E-state index >= 15 is 0 Å². The van der Waals surface area contributed by atoms with Crippen LogP contribution in [0.15, 0.2) is 84.9 Å². The molecule has 4 aromatic carbocycles. The van der Waals surface area contributed by atoms with E-state index in [1.807, 2.05) is 62.4 Å². The largest absolute Gasteiger partial charge is 0.491 e. The number of ether oxygens (including phenoxy) is 4. The number of carbonyl (C=O) groups is 4. The number of benzene rings is 4. The first-order valence-electron chi connectivity index (χ1n) is 23.3. The number of hydrogen-bond donors (Lipinski definition) is 0. The van der Waals surface area contributed by atoms with Crippen molar-refractivity contribution in [1.29, 1.82) is 0 Å². The van der Waals surface area contributed by atoms with E-state index in [2.05, 4.69) is 47.9 Å². The molecular formula is C54H66N2O8. The lowest BCUT2D eigenvalue weighted by atomic mass is 9.92. The van der Waals surface area contributed by atoms with E-state index in [1.54, 1.807) is 13.8 Å². The van der Waals surface area contributed by atoms with Gasteiger partial charge in [-0.3, -0.25) is 19.4 Å². The quantitative estimate of drug-likeness (QED) is 0.0430. The van der Waals surface area contributed by atoms with Crippen LogP contribution in [0.2, 0.25) is 0 Å². The molecule has 2 aliphatic heterocycles. The van der Waals surface area contributed by atoms with Crippen LogP contribution in [0.3, 0.4) is 0 Å². The summed E-state index contributed by atoms with van der Waals surface area (Å²) in [5, 5.41) is 0. The number of ketones is 2. The molecule has 0 saturated carbocycles. The minimum atomic E-state index is -0.783. The Hall–Kier alpha value is -5.58. The zero-order valence-electron chi connectivity index (χ0n) is 38.7. The van der Waals surface area contributed by atoms with Crippen molar-refractivity contribution in [3.05, 3.63) is 118 Å². The molecule has 2 unspecified atom stereocenters. The maximum atomic E-state index is 13.7. The Bertz CT molecular complexity index is 2130. The molecule has 0 N–H and O–H groups in total. The summed E-state index contributed by atoms with van der Waals surface area (Å²) >= 11 is 0. The van der Waals surface area contributed by atoms with Gasteiger partial charge in [-0.05, 0) is 150 Å². The van der Waals surface area contributed by atoms with Crippen LogP contribution >= 0.6 is 0 Å². The topological polar surface area (TPSA) is 112 Å². The summed E-state index contributed by atoms with van der Waals surface area (Å²) in [5.41, 5.74) is 8.82. The van der Waals surface area contributed by atoms with Crippen LogP contribution < -0.4 is 9.47 Å². The molecule has 4 aromatic rings. The van der Waals surface area contributed by atoms with Crippen LogP contribution in [-0.2, 0) is 31.9 Å². The van der Waals surface area contributed by atoms with E-state index in [1.165, 1.54) is 25.7 Å². The van der Waals surface area contributed by atoms with Crippen LogP contribution in [0.1, 0.15) is 109 Å². The maximum absolute atomic E-state index is 13.7. The highest BCUT2D eigenvalue weighted by Gasteiger charge is 2.23. The number of carbonyl (C=O) groups excluding carboxylic acids is 4. The highest BCUT2D eigenvalue weighted by atomic mass is 16.5. The number of Topliss-reactive ketones (excluding diaryl/α,β-unsaturated/α-hetero) is 2. The molecule has 0 amide bonds. The molecule has 2 atom stereocenters. The van der Waals surface area contributed by atoms with Gasteiger partial charge < -0.3 is 18.9 Å². The number of likely N-dealkylation sites (tertiary alicyclic amines) is 2. The fourth-order valence-corrected chi connectivity index (χ4v) is 8.85. The minimum Gasteiger partial charge on any atom is -0.491 e. The van der Waals surface area contributed by atoms with Gasteiger partial charge >= 0.3 is 11.9 Å². The Kier molecular flexibility index (Phi) is 17.5. The Morgan fingerprint density at radius 3 is 1.31 bits per heavy atom. The number of nitrogens with zero attached hydrogens (tertiary/aromatic N) is 2. The smallest absolute Gasteiger partial charge is 0.331 e. The number of esters is 2. The first-order valence-corrected chi connectivity index (χ1v) is 23.3. The van der Waals surface area contributed by atoms with Gasteiger partial charge in [-0.1, -0.05) is 62.4 Å². The maximum Gasteiger partial charge on any atom is 0.331 e. The van der Waals surface area contributed by atoms with Crippen molar-refractivity contribution in [2.75, 3.05) is 52.5 Å². The molecule has 10 nitrogen and oxygen atoms in total. The van der Waals surface area contributed by atoms with Crippen LogP contribution in [-0.4, -0.2) is 98.0 Å². The summed E-state index contributed by atoms with van der Waals surface area (Å²) in [6, 6.07) is 23.8. The fraction of sp³-hybridized carbons (Fsp3) is 0.444. The SMILES string of the molecule is CCc1ccccc1-c1cc(C(=O)CC(C)OC(=O)/C=C/C(=O)OC(C)CC(=O)c2cc(C)c(OCCN3CCCC3)c(-c3ccccc3CC)c2)cc(C)c1OCCN1CCCC1. The predicted molar refractivity (Wildman–Crippen MR) is 252 cm³/mol. The molecule has 0 spiro atoms. The fourth-order valence-electron chi connectivity index (χ4n) is 8.85. The van der Waals surface area contributed by atoms with Gasteiger partial charge in [0.15, 0.2) is 11.6 Å². The van der Waals surface area contributed by atoms with Crippen molar-refractivity contribution in [2.24, 2.45) is 0 Å². The van der Waals surface area contributed by atoms with Crippen molar-refractivity contribution < 1.29 is 38.1 Å². The number of rotatable bonds is 22. The highest BCUT2D eigenvalue weighted by Crippen LogP contribution is 2.39. The van der Waals surface area contributed by atoms with E-state index in [4.69, 9.17) is 18.9 Å². The monoisotopic (exact) mass is 870 g/mol. The van der Waals surface area contributed by atoms with E-state index in [0.717, 1.165) is 120 Å². The van der Waals surface area contributed by atoms with E-state index < -0.39 is 24.1 Å². The zero-order chi connectivity index (χ0) is 45.6. The molecule has 340 valence electrons. The van der Waals surface area contributed by atoms with Crippen molar-refractivity contribution >= 4 is 23.5 Å². The summed E-state index contributed by atoms with van der Waals surface area (Å²) < 4.78 is 23.9. The van der Waals surface area contributed by atoms with E-state index in [0.29, 0.717) is 24.3 Å². The Balaban J connectivity index is 1.04. The van der Waals surface area contributed by atoms with Crippen LogP contribution in [0, 0.1) is 13.8 Å². The van der Waals surface area contributed by atoms with Crippen LogP contribution in [0.5, 0.6) is 11.5 Å². The van der Waals surface area contributed by atoms with Gasteiger partial charge in [0.25, 0.3) is 0 Å². The minimum absolute atomic E-state index is 0.0520. The molecule has 0 aromatic heterocycles. The lowest BCUT2D eigenvalue weighted by Gasteiger charge is -2.20. The molecule has 64 heavy (non-hydrogen) atoms. The van der Waals surface area contributed by atoms with Crippen molar-refractivity contribution in [3.8, 4) is 33.8 Å². The Labute approximate surface area is 379 Å². The lowest BCUT2D eigenvalue weighted by Crippen LogP contribution is -2.25. The molecule has 2 aliphatic rings. The van der Waals surface area contributed by atoms with Gasteiger partial charge in [-0.2, -0.15) is 0 Å². The summed E-state index contributed by atoms with van der Waals surface area (Å²) in [7, 11) is 0. The number of aryl methyl sites for hydroxylation is 4. The Morgan fingerprint density at radius 2 is 0.938 bits per heavy atom. The van der Waals surface area contributed by atoms with E-state index in [9.17, 15) is 19.2 Å². The molecular weight excluding hydrogens is 805 g/mol. The van der Waals surface area contributed by atoms with Gasteiger partial charge in [-0.25, -0.2) is 9.59 Å². The summed E-state index contributed by atoms with van der Waals surface area (Å²) in [6.07, 6.45) is 6.85. The average molecular weight is 871 g/mol. The van der Waals surface area contributed by atoms with Gasteiger partial charge in [-0.15, -0.1) is 0 Å². The molecule has 10 heteroatoms. The standard InChI is InChI=1S/C54H66N2O8/c1-7-41-17-9-11-19-45(41)47-35-43(31-37(3)53(47)61-29-27-55-23-13-14-24-55)49(57)33-39(5)63-51(59)21-22-52(60)64-40(6)34-50(58)44-32-38(4)54(62-30-28-56-25-15-16-26-56)48(36-44)46-20-12-10-18-42(46)8-2/h9-12,17-22,31-32,35-36,39-40H,7-8,13-16,23-30,33-34H2,1-6H3/b22-21+. The van der Waals surface area contributed by atoms with Crippen molar-refractivity contribution in [3.63, 3.8) is 0 Å². The molecule has 0 aliphatic carbocycles. The third-order valence-electron chi connectivity index (χ3n) is 12.2. The molecule has 2 fully saturated rings. The molecule has 2 saturated heterocycles. The van der Waals surface area contributed by atoms with E-state index in [-0.39, 0.29) is 24.4 Å². The predicted octanol–water partition coefficient (Wildman–Crippen LogP) is 9.98. The Morgan fingerprint density at radius 1 is 0.562 bits per heavy atom. The van der Waals surface area contributed by atoms with Gasteiger partial charge in [0, 0.05) is 60.3 Å². The summed E-state index contributed by atoms with van der Waals surface area (Å²) in [5.74, 6) is -0.384. The molecule has 2 heterocycles. The lowest BCUT2D eigenvalue weighted by molar-refractivity contribution is -0.144. The van der Waals surface area contributed by atoms with Crippen LogP contribution in [0.4, 0.5) is 0 Å². The van der Waals surface area contributed by atoms with Gasteiger partial charge in [0.1, 0.15) is 36.9 Å². The highest BCUT2D eigenvalue weighted by molar-refractivity contribution is 6.00. The third-order valence-corrected chi connectivity index (χ3v) is 12.2. The van der Waals surface area contributed by atoms with Gasteiger partial charge in [0.05, 0.1) is 0 Å². The first-order chi connectivity index (χ1) is 30.9. The second-order valence-corrected chi connectivity index (χ2v) is 17.2. The van der Waals surface area contributed by atoms with Crippen LogP contribution in [0.25, 0.3) is 22.3 Å². The van der Waals surface area contributed by atoms with Gasteiger partial charge in [0.2, 0.25) is 0 Å². The first kappa shape index (κ1) is 47.9. The second kappa shape index (κ2) is 23.4. The average Bonchev–Trinajstić information content (AvgIpc) is 4.02. The molecule has 0 radical (unpaired) electrons.